The quantitative estimate of drug-likeness (QED) is 0.858. The van der Waals surface area contributed by atoms with E-state index in [-0.39, 0.29) is 0 Å². The predicted octanol–water partition coefficient (Wildman–Crippen LogP) is 2.87. The summed E-state index contributed by atoms with van der Waals surface area (Å²) in [7, 11) is -2.58. The standard InChI is InChI=1S/C8H10BrNOS/c1-2-12(10,11)8-6-4-3-5-7(8)9/h3-6,10H,2H2,1H3. The third-order valence-electron chi connectivity index (χ3n) is 1.60. The molecule has 0 spiro atoms. The topological polar surface area (TPSA) is 40.9 Å². The number of benzene rings is 1. The van der Waals surface area contributed by atoms with E-state index in [1.54, 1.807) is 25.1 Å². The highest BCUT2D eigenvalue weighted by atomic mass is 79.9. The van der Waals surface area contributed by atoms with Crippen molar-refractivity contribution in [3.8, 4) is 0 Å². The Bertz CT molecular complexity index is 372. The van der Waals surface area contributed by atoms with E-state index in [1.165, 1.54) is 0 Å². The van der Waals surface area contributed by atoms with Crippen LogP contribution in [0, 0.1) is 4.78 Å². The van der Waals surface area contributed by atoms with Gasteiger partial charge in [0.25, 0.3) is 0 Å². The highest BCUT2D eigenvalue weighted by Gasteiger charge is 2.09. The maximum Gasteiger partial charge on any atom is 0.0734 e. The number of hydrogen-bond acceptors (Lipinski definition) is 2. The lowest BCUT2D eigenvalue weighted by Gasteiger charge is -2.05. The third-order valence-corrected chi connectivity index (χ3v) is 4.43. The Morgan fingerprint density at radius 1 is 1.50 bits per heavy atom. The zero-order chi connectivity index (χ0) is 9.19. The van der Waals surface area contributed by atoms with E-state index in [0.29, 0.717) is 10.6 Å². The summed E-state index contributed by atoms with van der Waals surface area (Å²) in [6, 6.07) is 7.17. The normalized spacial score (nSPS) is 15.5. The lowest BCUT2D eigenvalue weighted by molar-refractivity contribution is 0.675. The van der Waals surface area contributed by atoms with Crippen LogP contribution in [0.5, 0.6) is 0 Å². The molecule has 4 heteroatoms. The second kappa shape index (κ2) is 3.58. The van der Waals surface area contributed by atoms with Gasteiger partial charge in [-0.05, 0) is 28.1 Å². The van der Waals surface area contributed by atoms with Crippen molar-refractivity contribution in [1.82, 2.24) is 0 Å². The molecule has 1 rings (SSSR count). The van der Waals surface area contributed by atoms with Gasteiger partial charge in [-0.15, -0.1) is 0 Å². The molecule has 0 aliphatic heterocycles. The summed E-state index contributed by atoms with van der Waals surface area (Å²) >= 11 is 3.27. The molecular formula is C8H10BrNOS. The first-order valence-electron chi connectivity index (χ1n) is 3.59. The fourth-order valence-corrected chi connectivity index (χ4v) is 2.93. The molecule has 12 heavy (non-hydrogen) atoms. The van der Waals surface area contributed by atoms with Gasteiger partial charge in [0.1, 0.15) is 0 Å². The first-order chi connectivity index (χ1) is 5.58. The number of halogens is 1. The molecule has 1 atom stereocenters. The van der Waals surface area contributed by atoms with E-state index < -0.39 is 9.73 Å². The number of hydrogen-bond donors (Lipinski definition) is 1. The van der Waals surface area contributed by atoms with Crippen molar-refractivity contribution in [1.29, 1.82) is 4.78 Å². The van der Waals surface area contributed by atoms with Gasteiger partial charge in [0.05, 0.1) is 14.6 Å². The van der Waals surface area contributed by atoms with Crippen LogP contribution in [-0.4, -0.2) is 9.96 Å². The highest BCUT2D eigenvalue weighted by molar-refractivity contribution is 9.10. The van der Waals surface area contributed by atoms with Gasteiger partial charge in [0.15, 0.2) is 0 Å². The van der Waals surface area contributed by atoms with Crippen molar-refractivity contribution in [3.63, 3.8) is 0 Å². The smallest absolute Gasteiger partial charge is 0.0734 e. The minimum Gasteiger partial charge on any atom is -0.249 e. The fraction of sp³-hybridized carbons (Fsp3) is 0.250. The third kappa shape index (κ3) is 1.87. The van der Waals surface area contributed by atoms with Gasteiger partial charge in [-0.3, -0.25) is 0 Å². The Labute approximate surface area is 81.1 Å². The molecule has 66 valence electrons. The number of nitrogens with one attached hydrogen (secondary N) is 1. The molecule has 0 radical (unpaired) electrons. The summed E-state index contributed by atoms with van der Waals surface area (Å²) in [5.74, 6) is 0.357. The number of rotatable bonds is 2. The van der Waals surface area contributed by atoms with Crippen molar-refractivity contribution >= 4 is 25.7 Å². The molecule has 0 amide bonds. The van der Waals surface area contributed by atoms with Crippen LogP contribution in [0.25, 0.3) is 0 Å². The summed E-state index contributed by atoms with van der Waals surface area (Å²) in [6.45, 7) is 1.76. The van der Waals surface area contributed by atoms with Crippen LogP contribution >= 0.6 is 15.9 Å². The summed E-state index contributed by atoms with van der Waals surface area (Å²) in [6.07, 6.45) is 0. The van der Waals surface area contributed by atoms with E-state index in [1.807, 2.05) is 6.07 Å². The summed E-state index contributed by atoms with van der Waals surface area (Å²) in [4.78, 5) is 0.590. The molecule has 1 unspecified atom stereocenters. The van der Waals surface area contributed by atoms with Gasteiger partial charge in [0, 0.05) is 10.2 Å². The van der Waals surface area contributed by atoms with E-state index >= 15 is 0 Å². The molecule has 1 aromatic carbocycles. The van der Waals surface area contributed by atoms with E-state index in [2.05, 4.69) is 15.9 Å². The van der Waals surface area contributed by atoms with Gasteiger partial charge in [-0.1, -0.05) is 19.1 Å². The van der Waals surface area contributed by atoms with Crippen LogP contribution in [0.1, 0.15) is 6.92 Å². The second-order valence-electron chi connectivity index (χ2n) is 2.39. The minimum atomic E-state index is -2.58. The first-order valence-corrected chi connectivity index (χ1v) is 6.11. The van der Waals surface area contributed by atoms with Gasteiger partial charge >= 0.3 is 0 Å². The van der Waals surface area contributed by atoms with E-state index in [9.17, 15) is 4.21 Å². The molecule has 0 aliphatic rings. The molecule has 0 aliphatic carbocycles. The Morgan fingerprint density at radius 3 is 2.58 bits per heavy atom. The van der Waals surface area contributed by atoms with Gasteiger partial charge in [0.2, 0.25) is 0 Å². The molecule has 2 nitrogen and oxygen atoms in total. The first kappa shape index (κ1) is 9.74. The molecule has 1 aromatic rings. The molecule has 0 saturated carbocycles. The maximum atomic E-state index is 11.6. The van der Waals surface area contributed by atoms with E-state index in [4.69, 9.17) is 4.78 Å². The Morgan fingerprint density at radius 2 is 2.08 bits per heavy atom. The van der Waals surface area contributed by atoms with Crippen LogP contribution in [0.3, 0.4) is 0 Å². The second-order valence-corrected chi connectivity index (χ2v) is 5.62. The average Bonchev–Trinajstić information content (AvgIpc) is 2.05. The molecule has 0 heterocycles. The van der Waals surface area contributed by atoms with Gasteiger partial charge < -0.3 is 0 Å². The molecule has 0 saturated heterocycles. The van der Waals surface area contributed by atoms with Crippen molar-refractivity contribution in [3.05, 3.63) is 28.7 Å². The van der Waals surface area contributed by atoms with Crippen LogP contribution in [0.2, 0.25) is 0 Å². The Hall–Kier alpha value is -0.350. The average molecular weight is 248 g/mol. The SMILES string of the molecule is CCS(=N)(=O)c1ccccc1Br. The van der Waals surface area contributed by atoms with Crippen LogP contribution < -0.4 is 0 Å². The molecule has 1 N–H and O–H groups in total. The molecular weight excluding hydrogens is 238 g/mol. The van der Waals surface area contributed by atoms with Gasteiger partial charge in [-0.2, -0.15) is 0 Å². The van der Waals surface area contributed by atoms with Crippen LogP contribution in [-0.2, 0) is 9.73 Å². The monoisotopic (exact) mass is 247 g/mol. The molecule has 0 fully saturated rings. The van der Waals surface area contributed by atoms with E-state index in [0.717, 1.165) is 4.47 Å². The summed E-state index contributed by atoms with van der Waals surface area (Å²) < 4.78 is 19.9. The van der Waals surface area contributed by atoms with Crippen LogP contribution in [0.15, 0.2) is 33.6 Å². The zero-order valence-corrected chi connectivity index (χ0v) is 9.11. The van der Waals surface area contributed by atoms with Crippen molar-refractivity contribution in [2.75, 3.05) is 5.75 Å². The molecule has 0 aromatic heterocycles. The minimum absolute atomic E-state index is 0.357. The fourth-order valence-electron chi connectivity index (χ4n) is 0.868. The van der Waals surface area contributed by atoms with Crippen molar-refractivity contribution in [2.24, 2.45) is 0 Å². The molecule has 0 bridgehead atoms. The zero-order valence-electron chi connectivity index (χ0n) is 6.71. The lowest BCUT2D eigenvalue weighted by Crippen LogP contribution is -2.01. The van der Waals surface area contributed by atoms with Gasteiger partial charge in [-0.25, -0.2) is 8.99 Å². The van der Waals surface area contributed by atoms with Crippen molar-refractivity contribution in [2.45, 2.75) is 11.8 Å². The maximum absolute atomic E-state index is 11.6. The summed E-state index contributed by atoms with van der Waals surface area (Å²) in [5.41, 5.74) is 0. The lowest BCUT2D eigenvalue weighted by atomic mass is 10.4. The summed E-state index contributed by atoms with van der Waals surface area (Å²) in [5, 5.41) is 0. The van der Waals surface area contributed by atoms with Crippen molar-refractivity contribution < 1.29 is 4.21 Å². The largest absolute Gasteiger partial charge is 0.249 e. The predicted molar refractivity (Wildman–Crippen MR) is 53.8 cm³/mol. The highest BCUT2D eigenvalue weighted by Crippen LogP contribution is 2.22. The Kier molecular flexibility index (Phi) is 2.90. The van der Waals surface area contributed by atoms with Crippen LogP contribution in [0.4, 0.5) is 0 Å². The Balaban J connectivity index is 3.30.